The first kappa shape index (κ1) is 62.7. The Hall–Kier alpha value is -1.32. The Morgan fingerprint density at radius 3 is 1.30 bits per heavy atom. The summed E-state index contributed by atoms with van der Waals surface area (Å²) in [5.41, 5.74) is 0. The Labute approximate surface area is 395 Å². The molecule has 0 fully saturated rings. The van der Waals surface area contributed by atoms with Crippen molar-refractivity contribution in [2.24, 2.45) is 0 Å². The van der Waals surface area contributed by atoms with Gasteiger partial charge in [0.1, 0.15) is 12.2 Å². The summed E-state index contributed by atoms with van der Waals surface area (Å²) in [6.07, 6.45) is 58.3. The first-order valence-electron chi connectivity index (χ1n) is 27.0. The highest BCUT2D eigenvalue weighted by Crippen LogP contribution is 2.43. The molecule has 0 spiro atoms. The van der Waals surface area contributed by atoms with Gasteiger partial charge in [-0.3, -0.25) is 13.8 Å². The summed E-state index contributed by atoms with van der Waals surface area (Å²) in [5.74, 6) is -0.381. The summed E-state index contributed by atoms with van der Waals surface area (Å²) >= 11 is 0. The zero-order chi connectivity index (χ0) is 46.7. The highest BCUT2D eigenvalue weighted by molar-refractivity contribution is 7.47. The number of unbranched alkanes of at least 4 members (excludes halogenated alkanes) is 32. The summed E-state index contributed by atoms with van der Waals surface area (Å²) in [5, 5.41) is 18.4. The summed E-state index contributed by atoms with van der Waals surface area (Å²) in [4.78, 5) is 22.7. The molecule has 0 heterocycles. The number of carbonyl (C=O) groups is 1. The van der Waals surface area contributed by atoms with Gasteiger partial charge in [0.15, 0.2) is 0 Å². The van der Waals surface area contributed by atoms with Crippen LogP contribution in [0.5, 0.6) is 0 Å². The molecule has 0 aromatic rings. The van der Waals surface area contributed by atoms with Crippen LogP contribution in [-0.4, -0.2) is 66.3 Å². The zero-order valence-corrected chi connectivity index (χ0v) is 42.7. The number of hydrogen-bond donors (Lipinski definition) is 3. The van der Waals surface area contributed by atoms with Crippen LogP contribution in [0.2, 0.25) is 0 Å². The molecule has 0 aliphatic carbocycles. The zero-order valence-electron chi connectivity index (χ0n) is 41.8. The van der Waals surface area contributed by atoms with Crippen molar-refractivity contribution in [3.63, 3.8) is 0 Å². The van der Waals surface area contributed by atoms with Crippen LogP contribution in [0.15, 0.2) is 36.5 Å². The van der Waals surface area contributed by atoms with Gasteiger partial charge in [-0.05, 0) is 70.6 Å². The predicted octanol–water partition coefficient (Wildman–Crippen LogP) is 15.9. The van der Waals surface area contributed by atoms with Crippen molar-refractivity contribution < 1.29 is 43.0 Å². The van der Waals surface area contributed by atoms with Gasteiger partial charge in [0.05, 0.1) is 26.4 Å². The number of hydrogen-bond acceptors (Lipinski definition) is 8. The molecule has 0 aliphatic rings. The Kier molecular flexibility index (Phi) is 50.0. The maximum absolute atomic E-state index is 12.7. The average Bonchev–Trinajstić information content (AvgIpc) is 3.29. The average molecular weight is 927 g/mol. The van der Waals surface area contributed by atoms with Gasteiger partial charge in [0.25, 0.3) is 0 Å². The van der Waals surface area contributed by atoms with E-state index in [1.54, 1.807) is 0 Å². The molecular formula is C54H103O9P. The van der Waals surface area contributed by atoms with E-state index in [-0.39, 0.29) is 25.6 Å². The number of rotatable bonds is 52. The molecule has 0 amide bonds. The summed E-state index contributed by atoms with van der Waals surface area (Å²) < 4.78 is 33.6. The van der Waals surface area contributed by atoms with Gasteiger partial charge in [-0.1, -0.05) is 217 Å². The summed E-state index contributed by atoms with van der Waals surface area (Å²) in [6, 6.07) is 0. The smallest absolute Gasteiger partial charge is 0.457 e. The number of phosphoric acid groups is 1. The van der Waals surface area contributed by atoms with Crippen molar-refractivity contribution in [2.45, 2.75) is 270 Å². The predicted molar refractivity (Wildman–Crippen MR) is 270 cm³/mol. The molecule has 0 rings (SSSR count). The summed E-state index contributed by atoms with van der Waals surface area (Å²) in [6.45, 7) is 3.53. The molecule has 0 aliphatic heterocycles. The Morgan fingerprint density at radius 1 is 0.484 bits per heavy atom. The molecule has 0 aromatic carbocycles. The van der Waals surface area contributed by atoms with E-state index in [1.165, 1.54) is 193 Å². The lowest BCUT2D eigenvalue weighted by Crippen LogP contribution is -2.29. The number of carbonyl (C=O) groups excluding carboxylic acids is 1. The summed E-state index contributed by atoms with van der Waals surface area (Å²) in [7, 11) is -4.52. The van der Waals surface area contributed by atoms with Gasteiger partial charge < -0.3 is 24.6 Å². The van der Waals surface area contributed by atoms with Crippen LogP contribution in [0.4, 0.5) is 0 Å². The van der Waals surface area contributed by atoms with Gasteiger partial charge in [0.2, 0.25) is 0 Å². The molecule has 0 saturated carbocycles. The van der Waals surface area contributed by atoms with Crippen LogP contribution in [0.25, 0.3) is 0 Å². The maximum atomic E-state index is 12.7. The highest BCUT2D eigenvalue weighted by Gasteiger charge is 2.26. The molecule has 378 valence electrons. The number of ether oxygens (including phenoxy) is 2. The normalized spacial score (nSPS) is 14.0. The van der Waals surface area contributed by atoms with Gasteiger partial charge >= 0.3 is 13.8 Å². The van der Waals surface area contributed by atoms with Crippen molar-refractivity contribution >= 4 is 13.8 Å². The van der Waals surface area contributed by atoms with Gasteiger partial charge in [-0.15, -0.1) is 0 Å². The molecule has 0 aromatic heterocycles. The third-order valence-corrected chi connectivity index (χ3v) is 12.7. The van der Waals surface area contributed by atoms with E-state index in [4.69, 9.17) is 23.6 Å². The van der Waals surface area contributed by atoms with Crippen molar-refractivity contribution in [3.8, 4) is 0 Å². The fourth-order valence-corrected chi connectivity index (χ4v) is 8.47. The lowest BCUT2D eigenvalue weighted by atomic mass is 10.0. The number of allylic oxidation sites excluding steroid dienone is 6. The topological polar surface area (TPSA) is 132 Å². The number of esters is 1. The molecule has 0 bridgehead atoms. The standard InChI is InChI=1S/C54H103O9P/c1-3-5-7-9-11-13-15-17-19-21-23-25-26-27-28-30-32-34-36-38-40-42-44-46-54(57)63-53(51-62-64(58,59)61-49-52(56)48-55)50-60-47-45-43-41-39-37-35-33-31-29-24-22-20-18-16-14-12-10-8-6-4-2/h12,14,18,20-21,23,52-53,55-56H,3-11,13,15-17,19,22,24-51H2,1-2H3,(H,58,59)/b14-12-,20-18-,23-21-. The fraction of sp³-hybridized carbons (Fsp3) is 0.870. The second kappa shape index (κ2) is 51.1. The Morgan fingerprint density at radius 2 is 0.844 bits per heavy atom. The second-order valence-corrected chi connectivity index (χ2v) is 19.7. The number of phosphoric ester groups is 1. The van der Waals surface area contributed by atoms with Crippen molar-refractivity contribution in [1.29, 1.82) is 0 Å². The first-order valence-corrected chi connectivity index (χ1v) is 28.5. The van der Waals surface area contributed by atoms with Crippen molar-refractivity contribution in [3.05, 3.63) is 36.5 Å². The van der Waals surface area contributed by atoms with Crippen LogP contribution in [0.3, 0.4) is 0 Å². The minimum atomic E-state index is -4.52. The van der Waals surface area contributed by atoms with Gasteiger partial charge in [-0.2, -0.15) is 0 Å². The van der Waals surface area contributed by atoms with Gasteiger partial charge in [-0.25, -0.2) is 4.57 Å². The van der Waals surface area contributed by atoms with Crippen molar-refractivity contribution in [2.75, 3.05) is 33.0 Å². The van der Waals surface area contributed by atoms with Crippen LogP contribution in [0, 0.1) is 0 Å². The molecule has 3 atom stereocenters. The van der Waals surface area contributed by atoms with E-state index in [2.05, 4.69) is 50.3 Å². The molecule has 10 heteroatoms. The van der Waals surface area contributed by atoms with Crippen LogP contribution in [-0.2, 0) is 27.9 Å². The second-order valence-electron chi connectivity index (χ2n) is 18.2. The minimum Gasteiger partial charge on any atom is -0.457 e. The molecule has 0 saturated heterocycles. The Bertz CT molecular complexity index is 1100. The third-order valence-electron chi connectivity index (χ3n) is 11.8. The first-order chi connectivity index (χ1) is 31.3. The SMILES string of the molecule is CCCCC/C=C\C/C=C\CCCCCCCCCCCCOCC(COP(=O)(O)OCC(O)CO)OC(=O)CCCCCCCCCCCCC/C=C\CCCCCCCCCC. The highest BCUT2D eigenvalue weighted by atomic mass is 31.2. The molecule has 64 heavy (non-hydrogen) atoms. The monoisotopic (exact) mass is 927 g/mol. The van der Waals surface area contributed by atoms with Gasteiger partial charge in [0, 0.05) is 13.0 Å². The minimum absolute atomic E-state index is 0.0490. The van der Waals surface area contributed by atoms with Crippen LogP contribution < -0.4 is 0 Å². The quantitative estimate of drug-likeness (QED) is 0.0236. The largest absolute Gasteiger partial charge is 0.472 e. The van der Waals surface area contributed by atoms with Crippen LogP contribution >= 0.6 is 7.82 Å². The van der Waals surface area contributed by atoms with E-state index >= 15 is 0 Å². The molecule has 3 unspecified atom stereocenters. The lowest BCUT2D eigenvalue weighted by Gasteiger charge is -2.20. The van der Waals surface area contributed by atoms with E-state index in [1.807, 2.05) is 0 Å². The lowest BCUT2D eigenvalue weighted by molar-refractivity contribution is -0.154. The van der Waals surface area contributed by atoms with E-state index in [9.17, 15) is 19.4 Å². The molecule has 9 nitrogen and oxygen atoms in total. The maximum Gasteiger partial charge on any atom is 0.472 e. The number of aliphatic hydroxyl groups is 2. The fourth-order valence-electron chi connectivity index (χ4n) is 7.68. The molecular weight excluding hydrogens is 824 g/mol. The third kappa shape index (κ3) is 50.1. The van der Waals surface area contributed by atoms with E-state index in [0.29, 0.717) is 6.61 Å². The van der Waals surface area contributed by atoms with E-state index < -0.39 is 33.2 Å². The van der Waals surface area contributed by atoms with Crippen molar-refractivity contribution in [1.82, 2.24) is 0 Å². The number of aliphatic hydroxyl groups excluding tert-OH is 2. The molecule has 0 radical (unpaired) electrons. The van der Waals surface area contributed by atoms with Crippen LogP contribution in [0.1, 0.15) is 258 Å². The Balaban J connectivity index is 4.03. The van der Waals surface area contributed by atoms with E-state index in [0.717, 1.165) is 44.9 Å². The molecule has 3 N–H and O–H groups in total.